The van der Waals surface area contributed by atoms with Gasteiger partial charge in [0.1, 0.15) is 0 Å². The molecule has 0 aromatic rings. The Hall–Kier alpha value is 0.400. The monoisotopic (exact) mass is 185 g/mol. The molecule has 11 heavy (non-hydrogen) atoms. The third-order valence-corrected chi connectivity index (χ3v) is 1.92. The Balaban J connectivity index is 0. The van der Waals surface area contributed by atoms with Crippen LogP contribution in [0.2, 0.25) is 0 Å². The van der Waals surface area contributed by atoms with Crippen LogP contribution in [0.5, 0.6) is 0 Å². The molecule has 0 aliphatic carbocycles. The fourth-order valence-corrected chi connectivity index (χ4v) is 1.42. The predicted molar refractivity (Wildman–Crippen MR) is 34.0 cm³/mol. The van der Waals surface area contributed by atoms with Crippen molar-refractivity contribution in [3.63, 3.8) is 0 Å². The van der Waals surface area contributed by atoms with E-state index in [9.17, 15) is 13.0 Å². The van der Waals surface area contributed by atoms with E-state index in [1.165, 1.54) is 13.8 Å². The number of hydrogen-bond acceptors (Lipinski definition) is 4. The molecular weight excluding hydrogens is 177 g/mol. The predicted octanol–water partition coefficient (Wildman–Crippen LogP) is -2.91. The summed E-state index contributed by atoms with van der Waals surface area (Å²) in [5.74, 6) is -0.628. The molecule has 58 valence electrons. The molecule has 0 aromatic carbocycles. The van der Waals surface area contributed by atoms with Crippen LogP contribution in [0.3, 0.4) is 0 Å². The summed E-state index contributed by atoms with van der Waals surface area (Å²) >= 11 is 0. The Morgan fingerprint density at radius 2 is 1.91 bits per heavy atom. The van der Waals surface area contributed by atoms with Gasteiger partial charge in [0.25, 0.3) is 0 Å². The van der Waals surface area contributed by atoms with Gasteiger partial charge in [-0.15, -0.1) is 0 Å². The average molecular weight is 185 g/mol. The molecule has 0 N–H and O–H groups in total. The van der Waals surface area contributed by atoms with E-state index in [-0.39, 0.29) is 29.6 Å². The second-order valence-corrected chi connectivity index (χ2v) is 4.10. The van der Waals surface area contributed by atoms with Crippen molar-refractivity contribution in [1.82, 2.24) is 0 Å². The summed E-state index contributed by atoms with van der Waals surface area (Å²) < 4.78 is 30.3. The van der Waals surface area contributed by atoms with E-state index in [4.69, 9.17) is 5.26 Å². The van der Waals surface area contributed by atoms with Gasteiger partial charge in [0.15, 0.2) is 0 Å². The summed E-state index contributed by atoms with van der Waals surface area (Å²) in [6.07, 6.45) is 0. The first kappa shape index (κ1) is 14.0. The van der Waals surface area contributed by atoms with Crippen molar-refractivity contribution in [3.05, 3.63) is 0 Å². The molecule has 0 aliphatic heterocycles. The van der Waals surface area contributed by atoms with Gasteiger partial charge in [-0.05, 0) is 13.8 Å². The van der Waals surface area contributed by atoms with E-state index in [0.717, 1.165) is 0 Å². The third kappa shape index (κ3) is 8.30. The van der Waals surface area contributed by atoms with Gasteiger partial charge in [0.2, 0.25) is 0 Å². The molecule has 0 radical (unpaired) electrons. The van der Waals surface area contributed by atoms with Crippen molar-refractivity contribution in [2.75, 3.05) is 5.75 Å². The van der Waals surface area contributed by atoms with Gasteiger partial charge in [-0.2, -0.15) is 5.26 Å². The van der Waals surface area contributed by atoms with Gasteiger partial charge in [-0.3, -0.25) is 0 Å². The standard InChI is InChI=1S/C5H9NO3S.Na/c1-5(2,3-6)4-10(7,8)9;/h4H2,1-2H3,(H,7,8,9);/q;+1/p-1. The molecule has 0 aromatic heterocycles. The van der Waals surface area contributed by atoms with E-state index < -0.39 is 21.3 Å². The minimum absolute atomic E-state index is 0. The van der Waals surface area contributed by atoms with E-state index in [2.05, 4.69) is 0 Å². The van der Waals surface area contributed by atoms with Crippen LogP contribution < -0.4 is 29.6 Å². The van der Waals surface area contributed by atoms with Crippen molar-refractivity contribution in [2.45, 2.75) is 13.8 Å². The first-order valence-corrected chi connectivity index (χ1v) is 4.19. The smallest absolute Gasteiger partial charge is 0.748 e. The first-order chi connectivity index (χ1) is 4.27. The second kappa shape index (κ2) is 4.43. The van der Waals surface area contributed by atoms with Crippen LogP contribution >= 0.6 is 0 Å². The maximum absolute atomic E-state index is 10.1. The quantitative estimate of drug-likeness (QED) is 0.341. The molecule has 0 bridgehead atoms. The van der Waals surface area contributed by atoms with Crippen molar-refractivity contribution in [3.8, 4) is 6.07 Å². The molecule has 6 heteroatoms. The first-order valence-electron chi connectivity index (χ1n) is 2.62. The second-order valence-electron chi connectivity index (χ2n) is 2.70. The molecule has 0 aliphatic rings. The molecule has 0 amide bonds. The zero-order valence-corrected chi connectivity index (χ0v) is 9.60. The maximum atomic E-state index is 10.1. The minimum Gasteiger partial charge on any atom is -0.748 e. The normalized spacial score (nSPS) is 11.5. The number of rotatable bonds is 2. The zero-order chi connectivity index (χ0) is 8.41. The molecule has 0 saturated heterocycles. The van der Waals surface area contributed by atoms with Gasteiger partial charge in [0, 0.05) is 0 Å². The van der Waals surface area contributed by atoms with Crippen molar-refractivity contribution < 1.29 is 42.5 Å². The van der Waals surface area contributed by atoms with Crippen molar-refractivity contribution in [2.24, 2.45) is 5.41 Å². The van der Waals surface area contributed by atoms with Crippen LogP contribution in [0.1, 0.15) is 13.8 Å². The summed E-state index contributed by atoms with van der Waals surface area (Å²) in [5.41, 5.74) is -1.07. The molecular formula is C5H8NNaO3S. The molecule has 0 unspecified atom stereocenters. The third-order valence-electron chi connectivity index (χ3n) is 0.840. The minimum atomic E-state index is -4.27. The summed E-state index contributed by atoms with van der Waals surface area (Å²) in [6, 6.07) is 1.72. The summed E-state index contributed by atoms with van der Waals surface area (Å²) in [5, 5.41) is 8.30. The zero-order valence-electron chi connectivity index (χ0n) is 6.79. The number of hydrogen-bond donors (Lipinski definition) is 0. The van der Waals surface area contributed by atoms with Gasteiger partial charge < -0.3 is 4.55 Å². The molecule has 0 saturated carbocycles. The Kier molecular flexibility index (Phi) is 5.62. The molecule has 0 heterocycles. The van der Waals surface area contributed by atoms with Crippen molar-refractivity contribution in [1.29, 1.82) is 5.26 Å². The SMILES string of the molecule is CC(C)(C#N)CS(=O)(=O)[O-].[Na+]. The Labute approximate surface area is 88.6 Å². The molecule has 0 atom stereocenters. The molecule has 0 fully saturated rings. The van der Waals surface area contributed by atoms with E-state index >= 15 is 0 Å². The van der Waals surface area contributed by atoms with Crippen LogP contribution in [0.25, 0.3) is 0 Å². The van der Waals surface area contributed by atoms with E-state index in [1.807, 2.05) is 0 Å². The summed E-state index contributed by atoms with van der Waals surface area (Å²) in [6.45, 7) is 2.81. The fraction of sp³-hybridized carbons (Fsp3) is 0.800. The topological polar surface area (TPSA) is 81.0 Å². The van der Waals surface area contributed by atoms with Crippen LogP contribution in [0.15, 0.2) is 0 Å². The van der Waals surface area contributed by atoms with Gasteiger partial charge in [0.05, 0.1) is 27.4 Å². The van der Waals surface area contributed by atoms with Gasteiger partial charge in [-0.1, -0.05) is 0 Å². The fourth-order valence-electron chi connectivity index (χ4n) is 0.474. The average Bonchev–Trinajstić information content (AvgIpc) is 1.60. The summed E-state index contributed by atoms with van der Waals surface area (Å²) in [4.78, 5) is 0. The van der Waals surface area contributed by atoms with Crippen LogP contribution in [0, 0.1) is 16.7 Å². The van der Waals surface area contributed by atoms with Crippen molar-refractivity contribution >= 4 is 10.1 Å². The van der Waals surface area contributed by atoms with Crippen LogP contribution in [0.4, 0.5) is 0 Å². The summed E-state index contributed by atoms with van der Waals surface area (Å²) in [7, 11) is -4.27. The maximum Gasteiger partial charge on any atom is 1.00 e. The Bertz CT molecular complexity index is 251. The molecule has 0 spiro atoms. The number of nitrogens with zero attached hydrogens (tertiary/aromatic N) is 1. The van der Waals surface area contributed by atoms with E-state index in [0.29, 0.717) is 0 Å². The molecule has 4 nitrogen and oxygen atoms in total. The van der Waals surface area contributed by atoms with Gasteiger partial charge >= 0.3 is 29.6 Å². The van der Waals surface area contributed by atoms with E-state index in [1.54, 1.807) is 6.07 Å². The Morgan fingerprint density at radius 3 is 2.00 bits per heavy atom. The van der Waals surface area contributed by atoms with Crippen LogP contribution in [-0.2, 0) is 10.1 Å². The Morgan fingerprint density at radius 1 is 1.55 bits per heavy atom. The largest absolute Gasteiger partial charge is 1.00 e. The van der Waals surface area contributed by atoms with Gasteiger partial charge in [-0.25, -0.2) is 8.42 Å². The van der Waals surface area contributed by atoms with Crippen LogP contribution in [-0.4, -0.2) is 18.7 Å². The number of nitriles is 1. The molecule has 0 rings (SSSR count).